The zero-order chi connectivity index (χ0) is 17.2. The molecule has 2 aliphatic heterocycles. The maximum absolute atomic E-state index is 5.97. The lowest BCUT2D eigenvalue weighted by atomic mass is 10.0. The monoisotopic (exact) mass is 356 g/mol. The van der Waals surface area contributed by atoms with Gasteiger partial charge in [0.2, 0.25) is 0 Å². The summed E-state index contributed by atoms with van der Waals surface area (Å²) in [7, 11) is 0. The van der Waals surface area contributed by atoms with Gasteiger partial charge in [-0.2, -0.15) is 0 Å². The van der Waals surface area contributed by atoms with Crippen molar-refractivity contribution in [3.63, 3.8) is 0 Å². The van der Waals surface area contributed by atoms with Crippen molar-refractivity contribution < 1.29 is 4.74 Å². The van der Waals surface area contributed by atoms with Crippen molar-refractivity contribution >= 4 is 11.6 Å². The molecule has 2 aliphatic rings. The topological polar surface area (TPSA) is 15.7 Å². The van der Waals surface area contributed by atoms with Gasteiger partial charge in [-0.05, 0) is 68.3 Å². The minimum absolute atomic E-state index is 0.622. The van der Waals surface area contributed by atoms with E-state index in [1.807, 2.05) is 30.3 Å². The molecule has 4 rings (SSSR count). The molecular weight excluding hydrogens is 332 g/mol. The molecule has 2 fully saturated rings. The highest BCUT2D eigenvalue weighted by molar-refractivity contribution is 6.30. The third-order valence-corrected chi connectivity index (χ3v) is 5.81. The summed E-state index contributed by atoms with van der Waals surface area (Å²) in [5, 5.41) is 0.723. The summed E-state index contributed by atoms with van der Waals surface area (Å²) in [6, 6.07) is 17.3. The zero-order valence-electron chi connectivity index (χ0n) is 14.7. The van der Waals surface area contributed by atoms with Gasteiger partial charge in [0.15, 0.2) is 0 Å². The van der Waals surface area contributed by atoms with Crippen LogP contribution in [0.15, 0.2) is 48.5 Å². The summed E-state index contributed by atoms with van der Waals surface area (Å²) < 4.78 is 5.97. The Kier molecular flexibility index (Phi) is 4.98. The highest BCUT2D eigenvalue weighted by atomic mass is 35.5. The van der Waals surface area contributed by atoms with Gasteiger partial charge in [-0.25, -0.2) is 0 Å². The van der Waals surface area contributed by atoms with E-state index in [0.29, 0.717) is 6.04 Å². The van der Waals surface area contributed by atoms with Crippen molar-refractivity contribution in [2.75, 3.05) is 19.6 Å². The Morgan fingerprint density at radius 1 is 1.04 bits per heavy atom. The fourth-order valence-corrected chi connectivity index (χ4v) is 4.31. The van der Waals surface area contributed by atoms with Gasteiger partial charge < -0.3 is 4.74 Å². The quantitative estimate of drug-likeness (QED) is 0.782. The van der Waals surface area contributed by atoms with Crippen LogP contribution in [0.5, 0.6) is 11.5 Å². The van der Waals surface area contributed by atoms with Gasteiger partial charge in [-0.3, -0.25) is 9.80 Å². The summed E-state index contributed by atoms with van der Waals surface area (Å²) in [5.41, 5.74) is 1.31. The van der Waals surface area contributed by atoms with Crippen molar-refractivity contribution in [1.82, 2.24) is 9.80 Å². The molecule has 0 aromatic heterocycles. The first-order valence-corrected chi connectivity index (χ1v) is 9.57. The summed E-state index contributed by atoms with van der Waals surface area (Å²) in [6.45, 7) is 7.02. The Hall–Kier alpha value is -1.55. The van der Waals surface area contributed by atoms with Crippen LogP contribution in [0.25, 0.3) is 0 Å². The molecule has 0 bridgehead atoms. The Morgan fingerprint density at radius 3 is 2.72 bits per heavy atom. The molecule has 0 N–H and O–H groups in total. The van der Waals surface area contributed by atoms with Crippen LogP contribution in [0.3, 0.4) is 0 Å². The van der Waals surface area contributed by atoms with Gasteiger partial charge >= 0.3 is 0 Å². The Labute approximate surface area is 155 Å². The molecule has 0 spiro atoms. The minimum Gasteiger partial charge on any atom is -0.457 e. The van der Waals surface area contributed by atoms with Crippen molar-refractivity contribution in [3.8, 4) is 11.5 Å². The maximum Gasteiger partial charge on any atom is 0.127 e. The van der Waals surface area contributed by atoms with Crippen LogP contribution in [0.2, 0.25) is 5.02 Å². The number of fused-ring (bicyclic) bond motifs is 1. The van der Waals surface area contributed by atoms with E-state index >= 15 is 0 Å². The highest BCUT2D eigenvalue weighted by Crippen LogP contribution is 2.29. The van der Waals surface area contributed by atoms with Crippen LogP contribution >= 0.6 is 11.6 Å². The van der Waals surface area contributed by atoms with E-state index in [1.54, 1.807) is 0 Å². The lowest BCUT2D eigenvalue weighted by Gasteiger charge is -2.43. The van der Waals surface area contributed by atoms with Crippen LogP contribution in [0.4, 0.5) is 0 Å². The largest absolute Gasteiger partial charge is 0.457 e. The van der Waals surface area contributed by atoms with E-state index in [2.05, 4.69) is 34.9 Å². The summed E-state index contributed by atoms with van der Waals surface area (Å²) in [4.78, 5) is 5.29. The maximum atomic E-state index is 5.97. The minimum atomic E-state index is 0.622. The third kappa shape index (κ3) is 3.84. The van der Waals surface area contributed by atoms with Crippen LogP contribution in [0, 0.1) is 0 Å². The molecule has 3 nitrogen and oxygen atoms in total. The molecule has 2 atom stereocenters. The Morgan fingerprint density at radius 2 is 1.88 bits per heavy atom. The molecular formula is C21H25ClN2O. The first-order chi connectivity index (χ1) is 12.2. The molecule has 25 heavy (non-hydrogen) atoms. The van der Waals surface area contributed by atoms with Gasteiger partial charge in [0.25, 0.3) is 0 Å². The van der Waals surface area contributed by atoms with Gasteiger partial charge in [0.1, 0.15) is 11.5 Å². The average Bonchev–Trinajstić information content (AvgIpc) is 3.09. The van der Waals surface area contributed by atoms with Gasteiger partial charge in [0, 0.05) is 36.7 Å². The second-order valence-electron chi connectivity index (χ2n) is 7.16. The molecule has 2 aromatic carbocycles. The SMILES string of the molecule is C[C@H]1[C@H]2CCCN2CCN1Cc1cccc(Oc2ccc(Cl)cc2)c1. The van der Waals surface area contributed by atoms with Crippen LogP contribution in [-0.4, -0.2) is 41.5 Å². The second kappa shape index (κ2) is 7.36. The highest BCUT2D eigenvalue weighted by Gasteiger charge is 2.36. The number of ether oxygens (including phenoxy) is 1. The van der Waals surface area contributed by atoms with Crippen molar-refractivity contribution in [1.29, 1.82) is 0 Å². The van der Waals surface area contributed by atoms with Crippen molar-refractivity contribution in [2.24, 2.45) is 0 Å². The fraction of sp³-hybridized carbons (Fsp3) is 0.429. The molecule has 4 heteroatoms. The van der Waals surface area contributed by atoms with E-state index in [4.69, 9.17) is 16.3 Å². The molecule has 2 aromatic rings. The van der Waals surface area contributed by atoms with E-state index < -0.39 is 0 Å². The molecule has 0 aliphatic carbocycles. The van der Waals surface area contributed by atoms with Crippen LogP contribution in [0.1, 0.15) is 25.3 Å². The van der Waals surface area contributed by atoms with E-state index in [9.17, 15) is 0 Å². The smallest absolute Gasteiger partial charge is 0.127 e. The van der Waals surface area contributed by atoms with Crippen molar-refractivity contribution in [3.05, 3.63) is 59.1 Å². The lowest BCUT2D eigenvalue weighted by Crippen LogP contribution is -2.55. The summed E-state index contributed by atoms with van der Waals surface area (Å²) >= 11 is 5.94. The van der Waals surface area contributed by atoms with Gasteiger partial charge in [0.05, 0.1) is 0 Å². The van der Waals surface area contributed by atoms with Gasteiger partial charge in [-0.1, -0.05) is 23.7 Å². The van der Waals surface area contributed by atoms with Gasteiger partial charge in [-0.15, -0.1) is 0 Å². The average molecular weight is 357 g/mol. The number of benzene rings is 2. The number of halogens is 1. The normalized spacial score (nSPS) is 24.2. The second-order valence-corrected chi connectivity index (χ2v) is 7.60. The molecule has 0 saturated carbocycles. The Bertz CT molecular complexity index is 718. The fourth-order valence-electron chi connectivity index (χ4n) is 4.18. The van der Waals surface area contributed by atoms with Crippen molar-refractivity contribution in [2.45, 2.75) is 38.4 Å². The van der Waals surface area contributed by atoms with Crippen LogP contribution < -0.4 is 4.74 Å². The summed E-state index contributed by atoms with van der Waals surface area (Å²) in [5.74, 6) is 1.70. The molecule has 132 valence electrons. The van der Waals surface area contributed by atoms with E-state index in [1.165, 1.54) is 31.5 Å². The number of hydrogen-bond donors (Lipinski definition) is 0. The molecule has 2 saturated heterocycles. The third-order valence-electron chi connectivity index (χ3n) is 5.55. The first-order valence-electron chi connectivity index (χ1n) is 9.19. The number of hydrogen-bond acceptors (Lipinski definition) is 3. The number of nitrogens with zero attached hydrogens (tertiary/aromatic N) is 2. The molecule has 0 amide bonds. The number of piperazine rings is 1. The lowest BCUT2D eigenvalue weighted by molar-refractivity contribution is 0.0470. The predicted octanol–water partition coefficient (Wildman–Crippen LogP) is 4.80. The molecule has 0 radical (unpaired) electrons. The van der Waals surface area contributed by atoms with Crippen LogP contribution in [-0.2, 0) is 6.54 Å². The standard InChI is InChI=1S/C21H25ClN2O/c1-16-21-6-3-11-23(21)12-13-24(16)15-17-4-2-5-20(14-17)25-19-9-7-18(22)8-10-19/h2,4-5,7-10,14,16,21H,3,6,11-13,15H2,1H3/t16-,21+/m0/s1. The first kappa shape index (κ1) is 16.9. The summed E-state index contributed by atoms with van der Waals surface area (Å²) in [6.07, 6.45) is 2.70. The van der Waals surface area contributed by atoms with E-state index in [-0.39, 0.29) is 0 Å². The predicted molar refractivity (Wildman–Crippen MR) is 102 cm³/mol. The van der Waals surface area contributed by atoms with E-state index in [0.717, 1.165) is 35.7 Å². The Balaban J connectivity index is 1.43. The molecule has 0 unspecified atom stereocenters. The zero-order valence-corrected chi connectivity index (χ0v) is 15.5. The number of rotatable bonds is 4. The molecule has 2 heterocycles.